The summed E-state index contributed by atoms with van der Waals surface area (Å²) in [4.78, 5) is 0. The third kappa shape index (κ3) is 2.82. The van der Waals surface area contributed by atoms with Crippen molar-refractivity contribution in [2.45, 2.75) is 19.8 Å². The minimum absolute atomic E-state index is 0.572. The van der Waals surface area contributed by atoms with E-state index in [-0.39, 0.29) is 0 Å². The zero-order valence-electron chi connectivity index (χ0n) is 11.9. The second-order valence-electron chi connectivity index (χ2n) is 4.56. The van der Waals surface area contributed by atoms with Crippen LogP contribution in [0.25, 0.3) is 0 Å². The summed E-state index contributed by atoms with van der Waals surface area (Å²) in [6.45, 7) is 2.10. The number of nitrogens with zero attached hydrogens (tertiary/aromatic N) is 2. The van der Waals surface area contributed by atoms with Gasteiger partial charge in [-0.05, 0) is 18.6 Å². The van der Waals surface area contributed by atoms with Gasteiger partial charge in [-0.2, -0.15) is 5.10 Å². The maximum absolute atomic E-state index is 6.14. The zero-order chi connectivity index (χ0) is 14.7. The number of nitrogens with one attached hydrogen (secondary N) is 1. The van der Waals surface area contributed by atoms with Crippen LogP contribution in [0.4, 0.5) is 17.2 Å². The second-order valence-corrected chi connectivity index (χ2v) is 4.96. The largest absolute Gasteiger partial charge is 0.495 e. The first-order chi connectivity index (χ1) is 9.56. The lowest BCUT2D eigenvalue weighted by Crippen LogP contribution is -2.01. The van der Waals surface area contributed by atoms with Crippen LogP contribution in [0.2, 0.25) is 5.02 Å². The van der Waals surface area contributed by atoms with Crippen molar-refractivity contribution in [3.05, 3.63) is 28.9 Å². The van der Waals surface area contributed by atoms with Gasteiger partial charge in [0, 0.05) is 18.8 Å². The van der Waals surface area contributed by atoms with Crippen LogP contribution in [0.3, 0.4) is 0 Å². The van der Waals surface area contributed by atoms with Crippen molar-refractivity contribution in [3.63, 3.8) is 0 Å². The van der Waals surface area contributed by atoms with Crippen molar-refractivity contribution >= 4 is 28.8 Å². The third-order valence-corrected chi connectivity index (χ3v) is 3.37. The predicted octanol–water partition coefficient (Wildman–Crippen LogP) is 3.36. The number of aryl methyl sites for hydroxylation is 2. The highest BCUT2D eigenvalue weighted by atomic mass is 35.5. The number of rotatable bonds is 5. The number of aromatic nitrogens is 2. The fraction of sp³-hybridized carbons (Fsp3) is 0.357. The molecule has 0 aliphatic carbocycles. The molecule has 0 saturated heterocycles. The molecular weight excluding hydrogens is 276 g/mol. The van der Waals surface area contributed by atoms with Crippen LogP contribution in [0, 0.1) is 0 Å². The summed E-state index contributed by atoms with van der Waals surface area (Å²) in [6, 6.07) is 5.48. The maximum atomic E-state index is 6.14. The van der Waals surface area contributed by atoms with E-state index >= 15 is 0 Å². The maximum Gasteiger partial charge on any atom is 0.152 e. The second kappa shape index (κ2) is 6.05. The molecule has 20 heavy (non-hydrogen) atoms. The summed E-state index contributed by atoms with van der Waals surface area (Å²) < 4.78 is 6.95. The van der Waals surface area contributed by atoms with Gasteiger partial charge in [-0.25, -0.2) is 0 Å². The summed E-state index contributed by atoms with van der Waals surface area (Å²) in [5.41, 5.74) is 8.59. The van der Waals surface area contributed by atoms with E-state index in [1.165, 1.54) is 0 Å². The molecule has 1 aromatic carbocycles. The first-order valence-electron chi connectivity index (χ1n) is 6.48. The molecule has 6 heteroatoms. The molecule has 2 rings (SSSR count). The Labute approximate surface area is 123 Å². The van der Waals surface area contributed by atoms with Crippen LogP contribution < -0.4 is 15.8 Å². The van der Waals surface area contributed by atoms with Gasteiger partial charge in [-0.3, -0.25) is 4.68 Å². The molecule has 0 unspecified atom stereocenters. The molecule has 2 aromatic rings. The molecule has 108 valence electrons. The fourth-order valence-corrected chi connectivity index (χ4v) is 2.23. The molecule has 0 bridgehead atoms. The Balaban J connectivity index is 2.30. The molecule has 0 saturated carbocycles. The van der Waals surface area contributed by atoms with Crippen molar-refractivity contribution in [1.29, 1.82) is 0 Å². The number of anilines is 3. The fourth-order valence-electron chi connectivity index (χ4n) is 2.04. The summed E-state index contributed by atoms with van der Waals surface area (Å²) in [6.07, 6.45) is 1.88. The number of hydrogen-bond acceptors (Lipinski definition) is 4. The number of nitrogens with two attached hydrogens (primary N) is 1. The molecule has 1 aromatic heterocycles. The quantitative estimate of drug-likeness (QED) is 0.887. The number of hydrogen-bond donors (Lipinski definition) is 2. The summed E-state index contributed by atoms with van der Waals surface area (Å²) >= 11 is 6.01. The zero-order valence-corrected chi connectivity index (χ0v) is 12.7. The minimum atomic E-state index is 0.572. The topological polar surface area (TPSA) is 65.1 Å². The van der Waals surface area contributed by atoms with E-state index < -0.39 is 0 Å². The Hall–Kier alpha value is -1.88. The summed E-state index contributed by atoms with van der Waals surface area (Å²) in [7, 11) is 3.45. The van der Waals surface area contributed by atoms with Gasteiger partial charge >= 0.3 is 0 Å². The molecule has 3 N–H and O–H groups in total. The molecule has 0 fully saturated rings. The molecule has 5 nitrogen and oxygen atoms in total. The Kier molecular flexibility index (Phi) is 4.39. The predicted molar refractivity (Wildman–Crippen MR) is 82.9 cm³/mol. The van der Waals surface area contributed by atoms with E-state index in [9.17, 15) is 0 Å². The molecule has 0 aliphatic rings. The van der Waals surface area contributed by atoms with E-state index in [0.717, 1.165) is 30.0 Å². The van der Waals surface area contributed by atoms with Crippen molar-refractivity contribution < 1.29 is 4.74 Å². The Morgan fingerprint density at radius 2 is 2.20 bits per heavy atom. The highest BCUT2D eigenvalue weighted by molar-refractivity contribution is 6.32. The first-order valence-corrected chi connectivity index (χ1v) is 6.86. The van der Waals surface area contributed by atoms with E-state index in [1.807, 2.05) is 19.2 Å². The molecule has 0 radical (unpaired) electrons. The van der Waals surface area contributed by atoms with Crippen LogP contribution >= 0.6 is 11.6 Å². The molecule has 0 amide bonds. The Bertz CT molecular complexity index is 609. The van der Waals surface area contributed by atoms with Crippen molar-refractivity contribution in [2.75, 3.05) is 18.2 Å². The highest BCUT2D eigenvalue weighted by Gasteiger charge is 2.13. The van der Waals surface area contributed by atoms with Gasteiger partial charge in [-0.1, -0.05) is 24.9 Å². The van der Waals surface area contributed by atoms with Crippen molar-refractivity contribution in [1.82, 2.24) is 9.78 Å². The van der Waals surface area contributed by atoms with Gasteiger partial charge in [0.15, 0.2) is 5.82 Å². The van der Waals surface area contributed by atoms with Gasteiger partial charge in [-0.15, -0.1) is 0 Å². The van der Waals surface area contributed by atoms with Gasteiger partial charge in [0.1, 0.15) is 5.75 Å². The lowest BCUT2D eigenvalue weighted by atomic mass is 10.2. The van der Waals surface area contributed by atoms with Gasteiger partial charge < -0.3 is 15.8 Å². The average molecular weight is 295 g/mol. The highest BCUT2D eigenvalue weighted by Crippen LogP contribution is 2.31. The van der Waals surface area contributed by atoms with Crippen molar-refractivity contribution in [3.8, 4) is 5.75 Å². The monoisotopic (exact) mass is 294 g/mol. The Morgan fingerprint density at radius 1 is 1.45 bits per heavy atom. The smallest absolute Gasteiger partial charge is 0.152 e. The third-order valence-electron chi connectivity index (χ3n) is 3.06. The lowest BCUT2D eigenvalue weighted by molar-refractivity contribution is 0.415. The number of halogens is 1. The van der Waals surface area contributed by atoms with Crippen LogP contribution in [0.1, 0.15) is 19.0 Å². The number of nitrogen functional groups attached to an aromatic ring is 1. The van der Waals surface area contributed by atoms with Crippen LogP contribution in [0.15, 0.2) is 18.2 Å². The van der Waals surface area contributed by atoms with Crippen molar-refractivity contribution in [2.24, 2.45) is 7.05 Å². The number of methoxy groups -OCH3 is 1. The number of benzene rings is 1. The molecule has 0 spiro atoms. The van der Waals surface area contributed by atoms with Crippen LogP contribution in [-0.2, 0) is 13.5 Å². The molecule has 0 aliphatic heterocycles. The van der Waals surface area contributed by atoms with E-state index in [0.29, 0.717) is 16.5 Å². The van der Waals surface area contributed by atoms with E-state index in [4.69, 9.17) is 22.1 Å². The van der Waals surface area contributed by atoms with E-state index in [1.54, 1.807) is 17.9 Å². The molecular formula is C14H19ClN4O. The van der Waals surface area contributed by atoms with E-state index in [2.05, 4.69) is 17.3 Å². The molecule has 0 atom stereocenters. The Morgan fingerprint density at radius 3 is 2.85 bits per heavy atom. The van der Waals surface area contributed by atoms with Crippen LogP contribution in [0.5, 0.6) is 5.75 Å². The summed E-state index contributed by atoms with van der Waals surface area (Å²) in [5.74, 6) is 1.39. The normalized spacial score (nSPS) is 10.6. The average Bonchev–Trinajstić information content (AvgIpc) is 2.69. The first kappa shape index (κ1) is 14.5. The number of ether oxygens (including phenoxy) is 1. The van der Waals surface area contributed by atoms with Gasteiger partial charge in [0.25, 0.3) is 0 Å². The van der Waals surface area contributed by atoms with Gasteiger partial charge in [0.05, 0.1) is 23.5 Å². The SMILES string of the molecule is CCCc1nn(C)c(Nc2ccc(Cl)c(OC)c2)c1N. The lowest BCUT2D eigenvalue weighted by Gasteiger charge is -2.10. The minimum Gasteiger partial charge on any atom is -0.495 e. The van der Waals surface area contributed by atoms with Gasteiger partial charge in [0.2, 0.25) is 0 Å². The van der Waals surface area contributed by atoms with Crippen LogP contribution in [-0.4, -0.2) is 16.9 Å². The molecule has 1 heterocycles. The standard InChI is InChI=1S/C14H19ClN4O/c1-4-5-11-13(16)14(19(2)18-11)17-9-6-7-10(15)12(8-9)20-3/h6-8,17H,4-5,16H2,1-3H3. The summed E-state index contributed by atoms with van der Waals surface area (Å²) in [5, 5.41) is 8.26.